The van der Waals surface area contributed by atoms with E-state index in [0.29, 0.717) is 34.3 Å². The van der Waals surface area contributed by atoms with E-state index in [-0.39, 0.29) is 17.0 Å². The second-order valence-corrected chi connectivity index (χ2v) is 11.6. The lowest BCUT2D eigenvalue weighted by molar-refractivity contribution is -0.115. The van der Waals surface area contributed by atoms with E-state index in [1.54, 1.807) is 66.7 Å². The van der Waals surface area contributed by atoms with Gasteiger partial charge in [-0.3, -0.25) is 9.59 Å². The number of amides is 2. The highest BCUT2D eigenvalue weighted by atomic mass is 32.2. The molecule has 3 N–H and O–H groups in total. The Bertz CT molecular complexity index is 1850. The molecule has 5 aromatic carbocycles. The van der Waals surface area contributed by atoms with E-state index in [1.807, 2.05) is 49.4 Å². The van der Waals surface area contributed by atoms with Crippen molar-refractivity contribution < 1.29 is 29.0 Å². The minimum Gasteiger partial charge on any atom is -0.478 e. The number of carboxylic acids is 1. The lowest BCUT2D eigenvalue weighted by atomic mass is 9.98. The summed E-state index contributed by atoms with van der Waals surface area (Å²) in [5.74, 6) is -2.17. The van der Waals surface area contributed by atoms with Crippen LogP contribution in [0.3, 0.4) is 0 Å². The van der Waals surface area contributed by atoms with Crippen molar-refractivity contribution in [3.63, 3.8) is 0 Å². The van der Waals surface area contributed by atoms with Crippen molar-refractivity contribution in [1.29, 1.82) is 0 Å². The highest BCUT2D eigenvalue weighted by Gasteiger charge is 2.23. The lowest BCUT2D eigenvalue weighted by Crippen LogP contribution is -2.19. The zero-order chi connectivity index (χ0) is 32.5. The maximum Gasteiger partial charge on any atom is 0.338 e. The van der Waals surface area contributed by atoms with Crippen molar-refractivity contribution in [3.05, 3.63) is 138 Å². The normalized spacial score (nSPS) is 11.4. The summed E-state index contributed by atoms with van der Waals surface area (Å²) >= 11 is 1.36. The number of benzene rings is 5. The number of aromatic carboxylic acids is 1. The average molecular weight is 633 g/mol. The van der Waals surface area contributed by atoms with Gasteiger partial charge in [0.2, 0.25) is 5.91 Å². The molecule has 9 heteroatoms. The van der Waals surface area contributed by atoms with Crippen LogP contribution >= 0.6 is 11.8 Å². The van der Waals surface area contributed by atoms with Crippen molar-refractivity contribution in [2.75, 3.05) is 17.2 Å². The molecule has 0 fully saturated rings. The van der Waals surface area contributed by atoms with E-state index < -0.39 is 23.1 Å². The fourth-order valence-corrected chi connectivity index (χ4v) is 5.88. The van der Waals surface area contributed by atoms with Crippen LogP contribution in [0.25, 0.3) is 10.8 Å². The van der Waals surface area contributed by atoms with Crippen LogP contribution in [0.1, 0.15) is 61.7 Å². The highest BCUT2D eigenvalue weighted by molar-refractivity contribution is 8.00. The van der Waals surface area contributed by atoms with Gasteiger partial charge in [-0.05, 0) is 78.0 Å². The van der Waals surface area contributed by atoms with E-state index in [4.69, 9.17) is 4.74 Å². The van der Waals surface area contributed by atoms with Crippen LogP contribution in [0, 0.1) is 0 Å². The summed E-state index contributed by atoms with van der Waals surface area (Å²) in [6, 6.07) is 33.1. The Hall–Kier alpha value is -5.41. The number of esters is 1. The molecule has 232 valence electrons. The first-order chi connectivity index (χ1) is 22.3. The molecule has 0 aromatic heterocycles. The largest absolute Gasteiger partial charge is 0.478 e. The van der Waals surface area contributed by atoms with Crippen molar-refractivity contribution in [2.24, 2.45) is 0 Å². The monoisotopic (exact) mass is 632 g/mol. The Morgan fingerprint density at radius 2 is 1.37 bits per heavy atom. The van der Waals surface area contributed by atoms with E-state index >= 15 is 0 Å². The van der Waals surface area contributed by atoms with E-state index in [1.165, 1.54) is 17.8 Å². The first-order valence-corrected chi connectivity index (χ1v) is 15.7. The zero-order valence-electron chi connectivity index (χ0n) is 25.1. The minimum absolute atomic E-state index is 0.0566. The molecule has 0 saturated carbocycles. The Labute approximate surface area is 270 Å². The van der Waals surface area contributed by atoms with Crippen molar-refractivity contribution in [3.8, 4) is 0 Å². The smallest absolute Gasteiger partial charge is 0.338 e. The second-order valence-electron chi connectivity index (χ2n) is 10.5. The summed E-state index contributed by atoms with van der Waals surface area (Å²) in [4.78, 5) is 51.6. The van der Waals surface area contributed by atoms with Crippen LogP contribution in [-0.4, -0.2) is 35.5 Å². The minimum atomic E-state index is -1.11. The molecule has 0 bridgehead atoms. The number of carboxylic acid groups (broad SMARTS) is 1. The van der Waals surface area contributed by atoms with Gasteiger partial charge in [-0.25, -0.2) is 9.59 Å². The van der Waals surface area contributed by atoms with Crippen LogP contribution in [0.4, 0.5) is 11.4 Å². The van der Waals surface area contributed by atoms with Crippen molar-refractivity contribution in [2.45, 2.75) is 29.9 Å². The summed E-state index contributed by atoms with van der Waals surface area (Å²) in [5.41, 5.74) is 2.61. The number of hydrogen-bond acceptors (Lipinski definition) is 6. The van der Waals surface area contributed by atoms with Crippen molar-refractivity contribution >= 4 is 57.7 Å². The molecule has 0 heterocycles. The van der Waals surface area contributed by atoms with Gasteiger partial charge < -0.3 is 20.5 Å². The van der Waals surface area contributed by atoms with Crippen LogP contribution in [0.15, 0.2) is 120 Å². The summed E-state index contributed by atoms with van der Waals surface area (Å²) in [6.07, 6.45) is 1.73. The molecular weight excluding hydrogens is 600 g/mol. The standard InChI is InChI=1S/C37H32N2O6S/c1-2-3-23-45-37(44)26-15-17-27(18-16-26)39-35(41)33(25-9-5-4-6-10-25)46-29-21-19-28(20-22-29)38-34(40)30-13-7-11-24-12-8-14-31(32(24)30)36(42)43/h4-22,33H,2-3,23H2,1H3,(H,38,40)(H,39,41)(H,42,43). The first-order valence-electron chi connectivity index (χ1n) is 14.8. The number of rotatable bonds is 12. The number of anilines is 2. The molecule has 1 atom stereocenters. The Balaban J connectivity index is 1.29. The van der Waals surface area contributed by atoms with Gasteiger partial charge in [0.25, 0.3) is 5.91 Å². The molecule has 0 aliphatic rings. The molecule has 1 unspecified atom stereocenters. The third-order valence-electron chi connectivity index (χ3n) is 7.21. The van der Waals surface area contributed by atoms with Crippen molar-refractivity contribution in [1.82, 2.24) is 0 Å². The number of nitrogens with one attached hydrogen (secondary N) is 2. The SMILES string of the molecule is CCCCOC(=O)c1ccc(NC(=O)C(Sc2ccc(NC(=O)c3cccc4cccc(C(=O)O)c34)cc2)c2ccccc2)cc1. The Morgan fingerprint density at radius 1 is 0.739 bits per heavy atom. The predicted molar refractivity (Wildman–Crippen MR) is 181 cm³/mol. The third-order valence-corrected chi connectivity index (χ3v) is 8.47. The summed E-state index contributed by atoms with van der Waals surface area (Å²) < 4.78 is 5.26. The van der Waals surface area contributed by atoms with Gasteiger partial charge in [0, 0.05) is 27.2 Å². The topological polar surface area (TPSA) is 122 Å². The average Bonchev–Trinajstić information content (AvgIpc) is 3.08. The molecule has 5 rings (SSSR count). The number of ether oxygens (including phenoxy) is 1. The van der Waals surface area contributed by atoms with E-state index in [2.05, 4.69) is 10.6 Å². The number of thioether (sulfide) groups is 1. The molecule has 0 aliphatic carbocycles. The summed E-state index contributed by atoms with van der Waals surface area (Å²) in [5, 5.41) is 15.9. The number of unbranched alkanes of at least 4 members (excludes halogenated alkanes) is 1. The van der Waals surface area contributed by atoms with Gasteiger partial charge in [-0.15, -0.1) is 11.8 Å². The summed E-state index contributed by atoms with van der Waals surface area (Å²) in [6.45, 7) is 2.39. The number of carbonyl (C=O) groups is 4. The number of carbonyl (C=O) groups excluding carboxylic acids is 3. The van der Waals surface area contributed by atoms with E-state index in [9.17, 15) is 24.3 Å². The molecule has 5 aromatic rings. The maximum atomic E-state index is 13.5. The fraction of sp³-hybridized carbons (Fsp3) is 0.135. The fourth-order valence-electron chi connectivity index (χ4n) is 4.85. The zero-order valence-corrected chi connectivity index (χ0v) is 25.9. The molecule has 0 aliphatic heterocycles. The van der Waals surface area contributed by atoms with Gasteiger partial charge in [0.05, 0.1) is 17.7 Å². The Morgan fingerprint density at radius 3 is 2.02 bits per heavy atom. The molecule has 0 spiro atoms. The van der Waals surface area contributed by atoms with E-state index in [0.717, 1.165) is 23.3 Å². The molecule has 0 saturated heterocycles. The molecular formula is C37H32N2O6S. The molecule has 0 radical (unpaired) electrons. The van der Waals surface area contributed by atoms with Gasteiger partial charge in [0.15, 0.2) is 0 Å². The Kier molecular flexibility index (Phi) is 10.5. The van der Waals surface area contributed by atoms with Gasteiger partial charge >= 0.3 is 11.9 Å². The van der Waals surface area contributed by atoms with Gasteiger partial charge in [0.1, 0.15) is 5.25 Å². The van der Waals surface area contributed by atoms with Crippen LogP contribution in [0.5, 0.6) is 0 Å². The molecule has 46 heavy (non-hydrogen) atoms. The number of hydrogen-bond donors (Lipinski definition) is 3. The lowest BCUT2D eigenvalue weighted by Gasteiger charge is -2.18. The van der Waals surface area contributed by atoms with Crippen LogP contribution < -0.4 is 10.6 Å². The molecule has 2 amide bonds. The maximum absolute atomic E-state index is 13.5. The molecule has 8 nitrogen and oxygen atoms in total. The van der Waals surface area contributed by atoms with Gasteiger partial charge in [-0.1, -0.05) is 67.9 Å². The third kappa shape index (κ3) is 7.80. The number of fused-ring (bicyclic) bond motifs is 1. The second kappa shape index (κ2) is 15.0. The van der Waals surface area contributed by atoms with Crippen LogP contribution in [-0.2, 0) is 9.53 Å². The summed E-state index contributed by atoms with van der Waals surface area (Å²) in [7, 11) is 0. The van der Waals surface area contributed by atoms with Crippen LogP contribution in [0.2, 0.25) is 0 Å². The van der Waals surface area contributed by atoms with Gasteiger partial charge in [-0.2, -0.15) is 0 Å². The highest BCUT2D eigenvalue weighted by Crippen LogP contribution is 2.37. The quantitative estimate of drug-likeness (QED) is 0.0720. The first kappa shape index (κ1) is 32.0. The predicted octanol–water partition coefficient (Wildman–Crippen LogP) is 8.22.